The number of hydrogen-bond donors (Lipinski definition) is 3. The Labute approximate surface area is 302 Å². The van der Waals surface area contributed by atoms with Crippen LogP contribution in [0, 0.1) is 41.5 Å². The summed E-state index contributed by atoms with van der Waals surface area (Å²) in [7, 11) is 0. The molecule has 2 saturated heterocycles. The fourth-order valence-electron chi connectivity index (χ4n) is 7.16. The minimum atomic E-state index is -0.562. The van der Waals surface area contributed by atoms with Gasteiger partial charge >= 0.3 is 17.9 Å². The first-order valence-corrected chi connectivity index (χ1v) is 18.7. The van der Waals surface area contributed by atoms with E-state index in [4.69, 9.17) is 4.74 Å². The molecule has 0 radical (unpaired) electrons. The van der Waals surface area contributed by atoms with Crippen molar-refractivity contribution in [3.8, 4) is 0 Å². The topological polar surface area (TPSA) is 148 Å². The lowest BCUT2D eigenvalue weighted by Crippen LogP contribution is -2.45. The molecule has 2 atom stereocenters. The van der Waals surface area contributed by atoms with Gasteiger partial charge in [-0.1, -0.05) is 35.4 Å². The Morgan fingerprint density at radius 1 is 0.660 bits per heavy atom. The number of benzene rings is 2. The van der Waals surface area contributed by atoms with Crippen LogP contribution < -0.4 is 10.6 Å². The summed E-state index contributed by atoms with van der Waals surface area (Å²) < 4.78 is 9.54. The van der Waals surface area contributed by atoms with Crippen molar-refractivity contribution in [1.29, 1.82) is 0 Å². The molecule has 50 heavy (non-hydrogen) atoms. The number of amides is 2. The van der Waals surface area contributed by atoms with Gasteiger partial charge in [-0.15, -0.1) is 0 Å². The number of hydrogen-bond acceptors (Lipinski definition) is 10. The average molecular weight is 723 g/mol. The quantitative estimate of drug-likeness (QED) is 0.260. The van der Waals surface area contributed by atoms with Crippen molar-refractivity contribution < 1.29 is 38.6 Å². The number of nitrogens with one attached hydrogen (secondary N) is 2. The first kappa shape index (κ1) is 38.8. The summed E-state index contributed by atoms with van der Waals surface area (Å²) in [6.45, 7) is 15.8. The second kappa shape index (κ2) is 15.5. The number of ether oxygens (including phenoxy) is 2. The summed E-state index contributed by atoms with van der Waals surface area (Å²) in [6.07, 6.45) is 1.60. The molecule has 268 valence electrons. The maximum atomic E-state index is 12.7. The minimum absolute atomic E-state index is 0.139. The van der Waals surface area contributed by atoms with Crippen LogP contribution in [0.1, 0.15) is 78.1 Å². The highest BCUT2D eigenvalue weighted by molar-refractivity contribution is 7.99. The molecule has 4 aliphatic heterocycles. The zero-order valence-electron chi connectivity index (χ0n) is 30.2. The molecule has 10 nitrogen and oxygen atoms in total. The van der Waals surface area contributed by atoms with E-state index in [1.165, 1.54) is 26.3 Å². The molecule has 12 heteroatoms. The van der Waals surface area contributed by atoms with E-state index < -0.39 is 23.0 Å². The number of aliphatic hydroxyl groups is 1. The van der Waals surface area contributed by atoms with Gasteiger partial charge in [0.2, 0.25) is 0 Å². The standard InChI is InChI=1S/C18H21NO3S.C16H19NO2S.C4H6O3/c1-10-7-11(2)14(12(3)8-10)15-16(22-13(4)20)18(19-17(15)21)5-6-23-9-18;1-9-6-10(2)12(11(3)7-9)13-14(18)16(17-15(13)19)4-5-20-8-16;1-3(5)7-4(2)6/h7-8H,5-6,9H2,1-4H3,(H,19,21);6-7,18H,4-5,8H2,1-3H3,(H,17,19);1-2H3. The van der Waals surface area contributed by atoms with Gasteiger partial charge in [0.05, 0.1) is 11.1 Å². The highest BCUT2D eigenvalue weighted by atomic mass is 32.2. The fraction of sp³-hybridized carbons (Fsp3) is 0.447. The molecule has 0 saturated carbocycles. The minimum Gasteiger partial charge on any atom is -0.509 e. The van der Waals surface area contributed by atoms with Crippen LogP contribution in [0.3, 0.4) is 0 Å². The first-order valence-electron chi connectivity index (χ1n) is 16.4. The number of carbonyl (C=O) groups is 5. The molecule has 4 heterocycles. The van der Waals surface area contributed by atoms with Crippen LogP contribution in [-0.2, 0) is 33.4 Å². The van der Waals surface area contributed by atoms with Crippen LogP contribution in [0.2, 0.25) is 0 Å². The third-order valence-corrected chi connectivity index (χ3v) is 11.3. The molecule has 2 aromatic carbocycles. The molecule has 2 aromatic rings. The van der Waals surface area contributed by atoms with Crippen LogP contribution in [0.5, 0.6) is 0 Å². The van der Waals surface area contributed by atoms with Gasteiger partial charge in [-0.3, -0.25) is 24.0 Å². The van der Waals surface area contributed by atoms with Crippen LogP contribution in [0.15, 0.2) is 35.8 Å². The molecular weight excluding hydrogens is 677 g/mol. The largest absolute Gasteiger partial charge is 0.509 e. The van der Waals surface area contributed by atoms with E-state index in [1.807, 2.05) is 41.5 Å². The first-order chi connectivity index (χ1) is 23.4. The maximum Gasteiger partial charge on any atom is 0.310 e. The van der Waals surface area contributed by atoms with E-state index in [-0.39, 0.29) is 23.5 Å². The highest BCUT2D eigenvalue weighted by Crippen LogP contribution is 2.45. The number of aliphatic hydroxyl groups excluding tert-OH is 1. The van der Waals surface area contributed by atoms with E-state index in [9.17, 15) is 29.1 Å². The number of aryl methyl sites for hydroxylation is 6. The molecule has 2 amide bonds. The van der Waals surface area contributed by atoms with E-state index in [0.717, 1.165) is 74.8 Å². The van der Waals surface area contributed by atoms with Crippen molar-refractivity contribution in [2.45, 2.75) is 86.2 Å². The number of thioether (sulfide) groups is 2. The summed E-state index contributed by atoms with van der Waals surface area (Å²) in [5, 5.41) is 16.8. The summed E-state index contributed by atoms with van der Waals surface area (Å²) in [6, 6.07) is 8.24. The van der Waals surface area contributed by atoms with Crippen LogP contribution >= 0.6 is 23.5 Å². The Bertz CT molecular complexity index is 1760. The average Bonchev–Trinajstić information content (AvgIpc) is 3.75. The molecule has 2 fully saturated rings. The monoisotopic (exact) mass is 722 g/mol. The predicted molar refractivity (Wildman–Crippen MR) is 198 cm³/mol. The highest BCUT2D eigenvalue weighted by Gasteiger charge is 2.51. The Hall–Kier alpha value is -4.03. The van der Waals surface area contributed by atoms with Crippen molar-refractivity contribution in [2.24, 2.45) is 0 Å². The van der Waals surface area contributed by atoms with Crippen LogP contribution in [0.4, 0.5) is 0 Å². The van der Waals surface area contributed by atoms with Crippen molar-refractivity contribution in [3.05, 3.63) is 80.3 Å². The van der Waals surface area contributed by atoms with E-state index in [0.29, 0.717) is 16.9 Å². The van der Waals surface area contributed by atoms with Gasteiger partial charge in [0.25, 0.3) is 11.8 Å². The van der Waals surface area contributed by atoms with E-state index >= 15 is 0 Å². The number of rotatable bonds is 3. The van der Waals surface area contributed by atoms with Crippen LogP contribution in [0.25, 0.3) is 11.1 Å². The zero-order chi connectivity index (χ0) is 37.1. The normalized spacial score (nSPS) is 22.2. The lowest BCUT2D eigenvalue weighted by Gasteiger charge is -2.25. The molecule has 6 rings (SSSR count). The van der Waals surface area contributed by atoms with Gasteiger partial charge in [-0.2, -0.15) is 23.5 Å². The predicted octanol–water partition coefficient (Wildman–Crippen LogP) is 5.87. The molecule has 0 bridgehead atoms. The molecule has 3 N–H and O–H groups in total. The Morgan fingerprint density at radius 2 is 1.06 bits per heavy atom. The fourth-order valence-corrected chi connectivity index (χ4v) is 9.83. The molecule has 2 spiro atoms. The van der Waals surface area contributed by atoms with Gasteiger partial charge < -0.3 is 25.2 Å². The summed E-state index contributed by atoms with van der Waals surface area (Å²) >= 11 is 3.55. The molecule has 0 aliphatic carbocycles. The Kier molecular flexibility index (Phi) is 12.0. The second-order valence-corrected chi connectivity index (χ2v) is 15.5. The summed E-state index contributed by atoms with van der Waals surface area (Å²) in [4.78, 5) is 56.4. The Balaban J connectivity index is 0.000000191. The molecule has 0 aromatic heterocycles. The zero-order valence-corrected chi connectivity index (χ0v) is 31.8. The van der Waals surface area contributed by atoms with Crippen molar-refractivity contribution in [2.75, 3.05) is 23.0 Å². The van der Waals surface area contributed by atoms with Gasteiger partial charge in [0.1, 0.15) is 22.6 Å². The van der Waals surface area contributed by atoms with Gasteiger partial charge in [0.15, 0.2) is 0 Å². The van der Waals surface area contributed by atoms with Crippen molar-refractivity contribution in [3.63, 3.8) is 0 Å². The maximum absolute atomic E-state index is 12.7. The van der Waals surface area contributed by atoms with Gasteiger partial charge in [0, 0.05) is 32.3 Å². The van der Waals surface area contributed by atoms with E-state index in [2.05, 4.69) is 39.6 Å². The van der Waals surface area contributed by atoms with Crippen molar-refractivity contribution in [1.82, 2.24) is 10.6 Å². The third kappa shape index (κ3) is 8.12. The lowest BCUT2D eigenvalue weighted by molar-refractivity contribution is -0.156. The Morgan fingerprint density at radius 3 is 1.44 bits per heavy atom. The number of esters is 3. The summed E-state index contributed by atoms with van der Waals surface area (Å²) in [5.41, 5.74) is 8.19. The number of carbonyl (C=O) groups excluding carboxylic acids is 5. The third-order valence-electron chi connectivity index (χ3n) is 8.94. The smallest absolute Gasteiger partial charge is 0.310 e. The van der Waals surface area contributed by atoms with Gasteiger partial charge in [-0.05, 0) is 99.3 Å². The van der Waals surface area contributed by atoms with Crippen molar-refractivity contribution >= 4 is 64.4 Å². The second-order valence-electron chi connectivity index (χ2n) is 13.3. The molecular formula is C38H46N2O8S2. The SMILES string of the molecule is CC(=O)OC(C)=O.CC(=O)OC1=C(c2c(C)cc(C)cc2C)C(=O)NC12CCSC2.Cc1cc(C)c(C2=C(O)C3(CCSC3)NC2=O)c(C)c1. The molecule has 4 aliphatic rings. The lowest BCUT2D eigenvalue weighted by atomic mass is 9.90. The van der Waals surface area contributed by atoms with Gasteiger partial charge in [-0.25, -0.2) is 0 Å². The molecule has 2 unspecified atom stereocenters. The summed E-state index contributed by atoms with van der Waals surface area (Å²) in [5.74, 6) is 2.39. The van der Waals surface area contributed by atoms with E-state index in [1.54, 1.807) is 23.5 Å². The van der Waals surface area contributed by atoms with Crippen LogP contribution in [-0.4, -0.2) is 68.9 Å².